The van der Waals surface area contributed by atoms with Gasteiger partial charge in [0.1, 0.15) is 11.9 Å². The second kappa shape index (κ2) is 6.09. The summed E-state index contributed by atoms with van der Waals surface area (Å²) in [5.41, 5.74) is 0. The van der Waals surface area contributed by atoms with Gasteiger partial charge in [-0.25, -0.2) is 4.79 Å². The molecule has 0 bridgehead atoms. The zero-order valence-corrected chi connectivity index (χ0v) is 13.9. The maximum Gasteiger partial charge on any atom is 0.334 e. The maximum atomic E-state index is 11.4. The highest BCUT2D eigenvalue weighted by Crippen LogP contribution is 2.36. The summed E-state index contributed by atoms with van der Waals surface area (Å²) in [6.45, 7) is 11.7. The molecular formula is C14H26O4Si. The minimum atomic E-state index is -1.72. The van der Waals surface area contributed by atoms with E-state index in [0.717, 1.165) is 6.42 Å². The minimum Gasteiger partial charge on any atom is -0.501 e. The number of carbonyl (C=O) groups is 1. The maximum absolute atomic E-state index is 11.4. The second-order valence-electron chi connectivity index (χ2n) is 6.48. The van der Waals surface area contributed by atoms with E-state index in [4.69, 9.17) is 13.9 Å². The van der Waals surface area contributed by atoms with Crippen molar-refractivity contribution >= 4 is 14.3 Å². The lowest BCUT2D eigenvalue weighted by molar-refractivity contribution is -0.145. The van der Waals surface area contributed by atoms with Crippen molar-refractivity contribution in [3.8, 4) is 0 Å². The third-order valence-corrected chi connectivity index (χ3v) is 8.50. The first-order valence-electron chi connectivity index (χ1n) is 6.75. The Bertz CT molecular complexity index is 355. The lowest BCUT2D eigenvalue weighted by Gasteiger charge is -2.36. The van der Waals surface area contributed by atoms with Gasteiger partial charge in [-0.15, -0.1) is 0 Å². The molecule has 19 heavy (non-hydrogen) atoms. The summed E-state index contributed by atoms with van der Waals surface area (Å²) in [7, 11) is -0.141. The predicted octanol–water partition coefficient (Wildman–Crippen LogP) is 3.24. The number of cyclic esters (lactones) is 1. The molecule has 1 atom stereocenters. The Labute approximate surface area is 117 Å². The van der Waals surface area contributed by atoms with Crippen LogP contribution in [0.2, 0.25) is 18.1 Å². The Morgan fingerprint density at radius 3 is 2.58 bits per heavy atom. The smallest absolute Gasteiger partial charge is 0.334 e. The molecule has 0 saturated heterocycles. The molecule has 0 spiro atoms. The summed E-state index contributed by atoms with van der Waals surface area (Å²) in [6, 6.07) is 0. The summed E-state index contributed by atoms with van der Waals surface area (Å²) in [4.78, 5) is 11.4. The molecule has 1 heterocycles. The number of esters is 1. The number of hydrogen-bond donors (Lipinski definition) is 0. The topological polar surface area (TPSA) is 44.8 Å². The Morgan fingerprint density at radius 2 is 2.05 bits per heavy atom. The average Bonchev–Trinajstić information content (AvgIpc) is 2.26. The Kier molecular flexibility index (Phi) is 5.21. The van der Waals surface area contributed by atoms with Crippen molar-refractivity contribution in [1.29, 1.82) is 0 Å². The fourth-order valence-electron chi connectivity index (χ4n) is 1.62. The van der Waals surface area contributed by atoms with Crippen LogP contribution >= 0.6 is 0 Å². The molecule has 0 aliphatic carbocycles. The lowest BCUT2D eigenvalue weighted by atomic mass is 10.1. The third kappa shape index (κ3) is 4.65. The summed E-state index contributed by atoms with van der Waals surface area (Å²) in [6.07, 6.45) is 2.64. The second-order valence-corrected chi connectivity index (χ2v) is 11.3. The highest BCUT2D eigenvalue weighted by molar-refractivity contribution is 6.74. The van der Waals surface area contributed by atoms with Crippen LogP contribution in [0.5, 0.6) is 0 Å². The first kappa shape index (κ1) is 16.2. The van der Waals surface area contributed by atoms with Gasteiger partial charge < -0.3 is 13.9 Å². The molecule has 0 amide bonds. The lowest BCUT2D eigenvalue weighted by Crippen LogP contribution is -2.41. The molecule has 1 rings (SSSR count). The fourth-order valence-corrected chi connectivity index (χ4v) is 2.68. The van der Waals surface area contributed by atoms with Gasteiger partial charge in [-0.3, -0.25) is 0 Å². The molecule has 0 aromatic carbocycles. The Morgan fingerprint density at radius 1 is 1.42 bits per heavy atom. The summed E-state index contributed by atoms with van der Waals surface area (Å²) < 4.78 is 16.5. The first-order chi connectivity index (χ1) is 8.65. The van der Waals surface area contributed by atoms with Gasteiger partial charge in [-0.1, -0.05) is 20.8 Å². The summed E-state index contributed by atoms with van der Waals surface area (Å²) in [5.74, 6) is 0.369. The molecule has 1 unspecified atom stereocenters. The van der Waals surface area contributed by atoms with Gasteiger partial charge in [-0.2, -0.15) is 0 Å². The van der Waals surface area contributed by atoms with E-state index in [9.17, 15) is 4.79 Å². The van der Waals surface area contributed by atoms with Crippen LogP contribution in [0.15, 0.2) is 11.8 Å². The van der Waals surface area contributed by atoms with Crippen molar-refractivity contribution in [3.05, 3.63) is 11.8 Å². The molecule has 4 nitrogen and oxygen atoms in total. The normalized spacial score (nSPS) is 20.8. The molecule has 0 fully saturated rings. The largest absolute Gasteiger partial charge is 0.501 e. The zero-order valence-electron chi connectivity index (χ0n) is 12.9. The van der Waals surface area contributed by atoms with Crippen LogP contribution < -0.4 is 0 Å². The monoisotopic (exact) mass is 286 g/mol. The molecule has 0 aromatic heterocycles. The van der Waals surface area contributed by atoms with Gasteiger partial charge in [-0.05, 0) is 18.1 Å². The molecule has 0 N–H and O–H groups in total. The minimum absolute atomic E-state index is 0.128. The molecule has 1 aliphatic heterocycles. The zero-order chi connectivity index (χ0) is 14.7. The van der Waals surface area contributed by atoms with Crippen LogP contribution in [0.3, 0.4) is 0 Å². The van der Waals surface area contributed by atoms with Gasteiger partial charge in [0, 0.05) is 19.4 Å². The van der Waals surface area contributed by atoms with E-state index in [1.54, 1.807) is 7.11 Å². The van der Waals surface area contributed by atoms with E-state index in [-0.39, 0.29) is 17.1 Å². The van der Waals surface area contributed by atoms with E-state index in [1.165, 1.54) is 6.08 Å². The van der Waals surface area contributed by atoms with Crippen molar-refractivity contribution in [2.45, 2.75) is 57.8 Å². The highest BCUT2D eigenvalue weighted by Gasteiger charge is 2.37. The van der Waals surface area contributed by atoms with Crippen LogP contribution in [-0.4, -0.2) is 34.1 Å². The molecule has 0 saturated carbocycles. The first-order valence-corrected chi connectivity index (χ1v) is 9.65. The van der Waals surface area contributed by atoms with Crippen molar-refractivity contribution in [2.75, 3.05) is 13.7 Å². The van der Waals surface area contributed by atoms with E-state index < -0.39 is 8.32 Å². The van der Waals surface area contributed by atoms with Crippen molar-refractivity contribution in [1.82, 2.24) is 0 Å². The van der Waals surface area contributed by atoms with Gasteiger partial charge in [0.15, 0.2) is 8.32 Å². The molecular weight excluding hydrogens is 260 g/mol. The Hall–Kier alpha value is -0.813. The average molecular weight is 286 g/mol. The summed E-state index contributed by atoms with van der Waals surface area (Å²) >= 11 is 0. The molecule has 1 aliphatic rings. The predicted molar refractivity (Wildman–Crippen MR) is 77.4 cm³/mol. The van der Waals surface area contributed by atoms with Gasteiger partial charge >= 0.3 is 5.97 Å². The van der Waals surface area contributed by atoms with E-state index in [1.807, 2.05) is 0 Å². The third-order valence-electron chi connectivity index (χ3n) is 3.96. The van der Waals surface area contributed by atoms with Crippen molar-refractivity contribution in [3.63, 3.8) is 0 Å². The van der Waals surface area contributed by atoms with Crippen molar-refractivity contribution in [2.24, 2.45) is 0 Å². The molecule has 0 aromatic rings. The fraction of sp³-hybridized carbons (Fsp3) is 0.786. The number of ether oxygens (including phenoxy) is 2. The molecule has 0 radical (unpaired) electrons. The quantitative estimate of drug-likeness (QED) is 0.575. The van der Waals surface area contributed by atoms with Crippen LogP contribution in [0.25, 0.3) is 0 Å². The number of rotatable bonds is 5. The van der Waals surface area contributed by atoms with Crippen LogP contribution in [0, 0.1) is 0 Å². The van der Waals surface area contributed by atoms with E-state index in [0.29, 0.717) is 18.8 Å². The van der Waals surface area contributed by atoms with Crippen molar-refractivity contribution < 1.29 is 18.7 Å². The number of carbonyl (C=O) groups excluding carboxylic acids is 1. The molecule has 110 valence electrons. The number of hydrogen-bond acceptors (Lipinski definition) is 4. The van der Waals surface area contributed by atoms with Gasteiger partial charge in [0.2, 0.25) is 0 Å². The number of methoxy groups -OCH3 is 1. The van der Waals surface area contributed by atoms with Gasteiger partial charge in [0.05, 0.1) is 13.2 Å². The highest BCUT2D eigenvalue weighted by atomic mass is 28.4. The molecule has 5 heteroatoms. The van der Waals surface area contributed by atoms with Crippen LogP contribution in [0.4, 0.5) is 0 Å². The standard InChI is InChI=1S/C14H26O4Si/c1-14(2,3)19(5,6)17-8-7-11-9-12(16-4)10-13(15)18-11/h10-11H,7-9H2,1-6H3. The SMILES string of the molecule is COC1=CC(=O)OC(CCO[Si](C)(C)C(C)(C)C)C1. The van der Waals surface area contributed by atoms with Gasteiger partial charge in [0.25, 0.3) is 0 Å². The van der Waals surface area contributed by atoms with Crippen LogP contribution in [-0.2, 0) is 18.7 Å². The summed E-state index contributed by atoms with van der Waals surface area (Å²) in [5, 5.41) is 0.202. The van der Waals surface area contributed by atoms with E-state index >= 15 is 0 Å². The van der Waals surface area contributed by atoms with E-state index in [2.05, 4.69) is 33.9 Å². The van der Waals surface area contributed by atoms with Crippen LogP contribution in [0.1, 0.15) is 33.6 Å². The Balaban J connectivity index is 2.43.